The van der Waals surface area contributed by atoms with Gasteiger partial charge in [-0.05, 0) is 44.0 Å². The summed E-state index contributed by atoms with van der Waals surface area (Å²) in [6.07, 6.45) is 2.52. The number of benzene rings is 1. The van der Waals surface area contributed by atoms with E-state index in [4.69, 9.17) is 0 Å². The minimum Gasteiger partial charge on any atom is -0.355 e. The highest BCUT2D eigenvalue weighted by Gasteiger charge is 2.14. The first-order chi connectivity index (χ1) is 8.84. The molecular weight excluding hydrogens is 224 g/mol. The molecule has 0 aliphatic carbocycles. The van der Waals surface area contributed by atoms with Crippen molar-refractivity contribution >= 4 is 17.0 Å². The third-order valence-electron chi connectivity index (χ3n) is 3.79. The lowest BCUT2D eigenvalue weighted by Crippen LogP contribution is -2.31. The number of hydrogen-bond donors (Lipinski definition) is 2. The van der Waals surface area contributed by atoms with Gasteiger partial charge in [0.05, 0.1) is 11.0 Å². The molecule has 2 heterocycles. The minimum atomic E-state index is 0.770. The van der Waals surface area contributed by atoms with Gasteiger partial charge in [-0.1, -0.05) is 12.1 Å². The molecule has 0 atom stereocenters. The van der Waals surface area contributed by atoms with Gasteiger partial charge in [-0.25, -0.2) is 4.98 Å². The van der Waals surface area contributed by atoms with Crippen molar-refractivity contribution in [1.29, 1.82) is 0 Å². The minimum absolute atomic E-state index is 0.770. The predicted octanol–water partition coefficient (Wildman–Crippen LogP) is 1.98. The highest BCUT2D eigenvalue weighted by atomic mass is 15.2. The summed E-state index contributed by atoms with van der Waals surface area (Å²) in [5.41, 5.74) is 2.25. The average Bonchev–Trinajstić information content (AvgIpc) is 2.75. The maximum atomic E-state index is 4.63. The van der Waals surface area contributed by atoms with Crippen LogP contribution in [0.15, 0.2) is 24.3 Å². The zero-order chi connectivity index (χ0) is 12.4. The summed E-state index contributed by atoms with van der Waals surface area (Å²) in [5, 5.41) is 6.89. The topological polar surface area (TPSA) is 41.9 Å². The smallest absolute Gasteiger partial charge is 0.203 e. The number of piperidine rings is 1. The summed E-state index contributed by atoms with van der Waals surface area (Å²) in [4.78, 5) is 4.63. The Hall–Kier alpha value is -1.55. The summed E-state index contributed by atoms with van der Waals surface area (Å²) in [6.45, 7) is 3.32. The Balaban J connectivity index is 1.72. The molecule has 3 rings (SSSR count). The Morgan fingerprint density at radius 1 is 1.33 bits per heavy atom. The van der Waals surface area contributed by atoms with Crippen molar-refractivity contribution in [2.24, 2.45) is 13.0 Å². The van der Waals surface area contributed by atoms with E-state index in [2.05, 4.69) is 45.4 Å². The number of aromatic nitrogens is 2. The van der Waals surface area contributed by atoms with Crippen molar-refractivity contribution in [2.75, 3.05) is 25.0 Å². The molecule has 0 bridgehead atoms. The Kier molecular flexibility index (Phi) is 3.19. The number of imidazole rings is 1. The number of rotatable bonds is 3. The summed E-state index contributed by atoms with van der Waals surface area (Å²) in [6, 6.07) is 8.26. The van der Waals surface area contributed by atoms with Crippen LogP contribution < -0.4 is 10.6 Å². The van der Waals surface area contributed by atoms with Crippen molar-refractivity contribution < 1.29 is 0 Å². The number of hydrogen-bond acceptors (Lipinski definition) is 3. The largest absolute Gasteiger partial charge is 0.355 e. The zero-order valence-electron chi connectivity index (χ0n) is 10.8. The molecule has 0 unspecified atom stereocenters. The van der Waals surface area contributed by atoms with Crippen LogP contribution in [0.25, 0.3) is 11.0 Å². The second-order valence-electron chi connectivity index (χ2n) is 5.06. The SMILES string of the molecule is Cn1c(NCC2CCNCC2)nc2ccccc21. The Bertz CT molecular complexity index is 526. The van der Waals surface area contributed by atoms with Crippen LogP contribution in [0, 0.1) is 5.92 Å². The summed E-state index contributed by atoms with van der Waals surface area (Å²) < 4.78 is 2.14. The molecule has 1 aliphatic rings. The highest BCUT2D eigenvalue weighted by Crippen LogP contribution is 2.19. The zero-order valence-corrected chi connectivity index (χ0v) is 10.8. The average molecular weight is 244 g/mol. The van der Waals surface area contributed by atoms with Crippen molar-refractivity contribution in [3.63, 3.8) is 0 Å². The monoisotopic (exact) mass is 244 g/mol. The van der Waals surface area contributed by atoms with E-state index in [1.165, 1.54) is 18.4 Å². The number of nitrogens with one attached hydrogen (secondary N) is 2. The van der Waals surface area contributed by atoms with E-state index in [-0.39, 0.29) is 0 Å². The van der Waals surface area contributed by atoms with E-state index in [9.17, 15) is 0 Å². The van der Waals surface area contributed by atoms with Gasteiger partial charge >= 0.3 is 0 Å². The lowest BCUT2D eigenvalue weighted by Gasteiger charge is -2.22. The van der Waals surface area contributed by atoms with Crippen molar-refractivity contribution in [2.45, 2.75) is 12.8 Å². The van der Waals surface area contributed by atoms with Gasteiger partial charge < -0.3 is 15.2 Å². The van der Waals surface area contributed by atoms with Crippen LogP contribution in [0.2, 0.25) is 0 Å². The lowest BCUT2D eigenvalue weighted by atomic mass is 9.98. The second kappa shape index (κ2) is 4.98. The first-order valence-corrected chi connectivity index (χ1v) is 6.70. The third-order valence-corrected chi connectivity index (χ3v) is 3.79. The molecule has 1 aliphatic heterocycles. The predicted molar refractivity (Wildman–Crippen MR) is 74.8 cm³/mol. The van der Waals surface area contributed by atoms with Gasteiger partial charge in [0.1, 0.15) is 0 Å². The van der Waals surface area contributed by atoms with E-state index in [1.54, 1.807) is 0 Å². The summed E-state index contributed by atoms with van der Waals surface area (Å²) in [7, 11) is 2.07. The standard InChI is InChI=1S/C14H20N4/c1-18-13-5-3-2-4-12(13)17-14(18)16-10-11-6-8-15-9-7-11/h2-5,11,15H,6-10H2,1H3,(H,16,17). The normalized spacial score (nSPS) is 17.2. The van der Waals surface area contributed by atoms with Gasteiger partial charge in [0.15, 0.2) is 0 Å². The fourth-order valence-electron chi connectivity index (χ4n) is 2.63. The molecule has 0 saturated carbocycles. The lowest BCUT2D eigenvalue weighted by molar-refractivity contribution is 0.389. The molecule has 2 aromatic rings. The van der Waals surface area contributed by atoms with E-state index in [0.29, 0.717) is 0 Å². The molecule has 96 valence electrons. The molecule has 1 saturated heterocycles. The van der Waals surface area contributed by atoms with Gasteiger partial charge in [0.2, 0.25) is 5.95 Å². The van der Waals surface area contributed by atoms with Crippen LogP contribution in [-0.4, -0.2) is 29.2 Å². The quantitative estimate of drug-likeness (QED) is 0.867. The maximum Gasteiger partial charge on any atom is 0.203 e. The van der Waals surface area contributed by atoms with Gasteiger partial charge in [-0.3, -0.25) is 0 Å². The van der Waals surface area contributed by atoms with Crippen LogP contribution in [0.1, 0.15) is 12.8 Å². The molecule has 1 aromatic carbocycles. The van der Waals surface area contributed by atoms with Gasteiger partial charge in [-0.15, -0.1) is 0 Å². The fraction of sp³-hybridized carbons (Fsp3) is 0.500. The first-order valence-electron chi connectivity index (χ1n) is 6.70. The molecule has 0 radical (unpaired) electrons. The van der Waals surface area contributed by atoms with Gasteiger partial charge in [-0.2, -0.15) is 0 Å². The van der Waals surface area contributed by atoms with E-state index < -0.39 is 0 Å². The number of anilines is 1. The molecule has 4 nitrogen and oxygen atoms in total. The molecular formula is C14H20N4. The first kappa shape index (κ1) is 11.5. The molecule has 2 N–H and O–H groups in total. The molecule has 1 aromatic heterocycles. The Morgan fingerprint density at radius 3 is 2.89 bits per heavy atom. The Morgan fingerprint density at radius 2 is 2.11 bits per heavy atom. The number of nitrogens with zero attached hydrogens (tertiary/aromatic N) is 2. The summed E-state index contributed by atoms with van der Waals surface area (Å²) in [5.74, 6) is 1.75. The molecule has 18 heavy (non-hydrogen) atoms. The van der Waals surface area contributed by atoms with Crippen LogP contribution >= 0.6 is 0 Å². The van der Waals surface area contributed by atoms with Crippen molar-refractivity contribution in [3.05, 3.63) is 24.3 Å². The van der Waals surface area contributed by atoms with E-state index in [0.717, 1.165) is 37.0 Å². The molecule has 0 spiro atoms. The van der Waals surface area contributed by atoms with Crippen molar-refractivity contribution in [3.8, 4) is 0 Å². The third kappa shape index (κ3) is 2.20. The van der Waals surface area contributed by atoms with E-state index in [1.807, 2.05) is 6.07 Å². The second-order valence-corrected chi connectivity index (χ2v) is 5.06. The molecule has 4 heteroatoms. The molecule has 0 amide bonds. The fourth-order valence-corrected chi connectivity index (χ4v) is 2.63. The molecule has 1 fully saturated rings. The number of aryl methyl sites for hydroxylation is 1. The number of para-hydroxylation sites is 2. The van der Waals surface area contributed by atoms with Crippen LogP contribution in [0.3, 0.4) is 0 Å². The summed E-state index contributed by atoms with van der Waals surface area (Å²) >= 11 is 0. The van der Waals surface area contributed by atoms with Crippen LogP contribution in [-0.2, 0) is 7.05 Å². The van der Waals surface area contributed by atoms with Gasteiger partial charge in [0.25, 0.3) is 0 Å². The Labute approximate surface area is 107 Å². The maximum absolute atomic E-state index is 4.63. The van der Waals surface area contributed by atoms with Crippen molar-refractivity contribution in [1.82, 2.24) is 14.9 Å². The number of fused-ring (bicyclic) bond motifs is 1. The van der Waals surface area contributed by atoms with Gasteiger partial charge in [0, 0.05) is 13.6 Å². The van der Waals surface area contributed by atoms with Crippen LogP contribution in [0.4, 0.5) is 5.95 Å². The highest BCUT2D eigenvalue weighted by molar-refractivity contribution is 5.78. The van der Waals surface area contributed by atoms with Crippen LogP contribution in [0.5, 0.6) is 0 Å². The van der Waals surface area contributed by atoms with E-state index >= 15 is 0 Å².